The van der Waals surface area contributed by atoms with Gasteiger partial charge < -0.3 is 16.0 Å². The van der Waals surface area contributed by atoms with E-state index in [0.717, 1.165) is 0 Å². The Bertz CT molecular complexity index is 429. The van der Waals surface area contributed by atoms with Gasteiger partial charge in [-0.05, 0) is 11.6 Å². The average molecular weight is 274 g/mol. The molecule has 1 rings (SSSR count). The number of nitrogens with two attached hydrogens (primary N) is 1. The molecule has 19 heavy (non-hydrogen) atoms. The Morgan fingerprint density at radius 2 is 2.26 bits per heavy atom. The largest absolute Gasteiger partial charge is 0.409 e. The molecule has 0 aromatic carbocycles. The van der Waals surface area contributed by atoms with Crippen molar-refractivity contribution >= 4 is 5.84 Å². The molecule has 0 aliphatic heterocycles. The Morgan fingerprint density at radius 1 is 1.53 bits per heavy atom. The zero-order valence-corrected chi connectivity index (χ0v) is 10.2. The average Bonchev–Trinajstić information content (AvgIpc) is 2.38. The third-order valence-corrected chi connectivity index (χ3v) is 2.45. The van der Waals surface area contributed by atoms with Crippen LogP contribution in [-0.2, 0) is 6.54 Å². The van der Waals surface area contributed by atoms with Gasteiger partial charge in [0.25, 0.3) is 6.43 Å². The highest BCUT2D eigenvalue weighted by Crippen LogP contribution is 2.10. The molecule has 0 radical (unpaired) electrons. The van der Waals surface area contributed by atoms with Crippen molar-refractivity contribution < 1.29 is 19.1 Å². The minimum atomic E-state index is -2.50. The quantitative estimate of drug-likeness (QED) is 0.286. The maximum absolute atomic E-state index is 12.4. The van der Waals surface area contributed by atoms with Crippen LogP contribution in [0.15, 0.2) is 23.5 Å². The number of aromatic nitrogens is 1. The second-order valence-corrected chi connectivity index (χ2v) is 3.85. The Labute approximate surface area is 109 Å². The third kappa shape index (κ3) is 4.76. The maximum Gasteiger partial charge on any atom is 0.251 e. The van der Waals surface area contributed by atoms with Crippen LogP contribution in [0, 0.1) is 0 Å². The zero-order chi connectivity index (χ0) is 14.3. The van der Waals surface area contributed by atoms with Gasteiger partial charge in [-0.2, -0.15) is 0 Å². The second kappa shape index (κ2) is 7.59. The number of aliphatic hydroxyl groups is 1. The summed E-state index contributed by atoms with van der Waals surface area (Å²) in [4.78, 5) is 5.32. The molecule has 8 heteroatoms. The minimum absolute atomic E-state index is 0.106. The summed E-state index contributed by atoms with van der Waals surface area (Å²) in [5, 5.41) is 20.4. The summed E-state index contributed by atoms with van der Waals surface area (Å²) >= 11 is 0. The summed E-state index contributed by atoms with van der Waals surface area (Å²) in [5.41, 5.74) is 6.25. The molecule has 0 spiro atoms. The van der Waals surface area contributed by atoms with Crippen LogP contribution in [0.5, 0.6) is 0 Å². The van der Waals surface area contributed by atoms with E-state index in [1.165, 1.54) is 11.1 Å². The van der Waals surface area contributed by atoms with Crippen molar-refractivity contribution in [3.63, 3.8) is 0 Å². The first-order chi connectivity index (χ1) is 9.08. The molecule has 0 fully saturated rings. The van der Waals surface area contributed by atoms with Crippen molar-refractivity contribution in [3.8, 4) is 0 Å². The van der Waals surface area contributed by atoms with E-state index in [1.807, 2.05) is 0 Å². The van der Waals surface area contributed by atoms with E-state index in [1.54, 1.807) is 12.1 Å². The SMILES string of the molecule is N/C(=N/O)c1ncccc1CN(CCO)CC(F)F. The van der Waals surface area contributed by atoms with E-state index < -0.39 is 13.0 Å². The summed E-state index contributed by atoms with van der Waals surface area (Å²) in [7, 11) is 0. The maximum atomic E-state index is 12.4. The highest BCUT2D eigenvalue weighted by atomic mass is 19.3. The number of nitrogens with zero attached hydrogens (tertiary/aromatic N) is 3. The number of alkyl halides is 2. The fraction of sp³-hybridized carbons (Fsp3) is 0.455. The topological polar surface area (TPSA) is 95.0 Å². The van der Waals surface area contributed by atoms with Gasteiger partial charge in [0.1, 0.15) is 5.69 Å². The molecular formula is C11H16F2N4O2. The normalized spacial score (nSPS) is 12.4. The molecular weight excluding hydrogens is 258 g/mol. The molecule has 1 aromatic rings. The first-order valence-electron chi connectivity index (χ1n) is 5.61. The third-order valence-electron chi connectivity index (χ3n) is 2.45. The molecule has 6 nitrogen and oxygen atoms in total. The summed E-state index contributed by atoms with van der Waals surface area (Å²) in [6, 6.07) is 3.28. The predicted octanol–water partition coefficient (Wildman–Crippen LogP) is 0.235. The molecule has 0 saturated carbocycles. The van der Waals surface area contributed by atoms with Gasteiger partial charge in [-0.1, -0.05) is 11.2 Å². The van der Waals surface area contributed by atoms with E-state index in [-0.39, 0.29) is 31.2 Å². The Balaban J connectivity index is 2.89. The highest BCUT2D eigenvalue weighted by Gasteiger charge is 2.15. The number of amidine groups is 1. The van der Waals surface area contributed by atoms with E-state index in [0.29, 0.717) is 5.56 Å². The molecule has 0 aliphatic rings. The van der Waals surface area contributed by atoms with Crippen LogP contribution in [0.25, 0.3) is 0 Å². The lowest BCUT2D eigenvalue weighted by atomic mass is 10.1. The van der Waals surface area contributed by atoms with Gasteiger partial charge in [-0.15, -0.1) is 0 Å². The molecule has 4 N–H and O–H groups in total. The Hall–Kier alpha value is -1.80. The monoisotopic (exact) mass is 274 g/mol. The van der Waals surface area contributed by atoms with Crippen LogP contribution in [-0.4, -0.2) is 52.2 Å². The summed E-state index contributed by atoms with van der Waals surface area (Å²) in [6.07, 6.45) is -1.05. The lowest BCUT2D eigenvalue weighted by Crippen LogP contribution is -2.32. The number of hydrogen-bond acceptors (Lipinski definition) is 5. The van der Waals surface area contributed by atoms with Gasteiger partial charge in [-0.3, -0.25) is 9.88 Å². The lowest BCUT2D eigenvalue weighted by molar-refractivity contribution is 0.0745. The van der Waals surface area contributed by atoms with Gasteiger partial charge in [0.2, 0.25) is 0 Å². The summed E-state index contributed by atoms with van der Waals surface area (Å²) in [6.45, 7) is -0.462. The lowest BCUT2D eigenvalue weighted by Gasteiger charge is -2.21. The molecule has 0 bridgehead atoms. The zero-order valence-electron chi connectivity index (χ0n) is 10.2. The van der Waals surface area contributed by atoms with Gasteiger partial charge >= 0.3 is 0 Å². The van der Waals surface area contributed by atoms with Crippen molar-refractivity contribution in [2.24, 2.45) is 10.9 Å². The second-order valence-electron chi connectivity index (χ2n) is 3.85. The number of oxime groups is 1. The van der Waals surface area contributed by atoms with Gasteiger partial charge in [-0.25, -0.2) is 8.78 Å². The Morgan fingerprint density at radius 3 is 2.84 bits per heavy atom. The molecule has 0 amide bonds. The minimum Gasteiger partial charge on any atom is -0.409 e. The van der Waals surface area contributed by atoms with Crippen LogP contribution < -0.4 is 5.73 Å². The van der Waals surface area contributed by atoms with E-state index >= 15 is 0 Å². The molecule has 106 valence electrons. The first-order valence-corrected chi connectivity index (χ1v) is 5.61. The smallest absolute Gasteiger partial charge is 0.251 e. The van der Waals surface area contributed by atoms with Crippen molar-refractivity contribution in [2.75, 3.05) is 19.7 Å². The van der Waals surface area contributed by atoms with Crippen LogP contribution in [0.3, 0.4) is 0 Å². The van der Waals surface area contributed by atoms with Crippen molar-refractivity contribution in [2.45, 2.75) is 13.0 Å². The number of halogens is 2. The number of rotatable bonds is 7. The van der Waals surface area contributed by atoms with E-state index in [4.69, 9.17) is 16.0 Å². The highest BCUT2D eigenvalue weighted by molar-refractivity contribution is 5.96. The van der Waals surface area contributed by atoms with Crippen LogP contribution in [0.1, 0.15) is 11.3 Å². The van der Waals surface area contributed by atoms with Gasteiger partial charge in [0, 0.05) is 19.3 Å². The molecule has 0 saturated heterocycles. The predicted molar refractivity (Wildman–Crippen MR) is 65.1 cm³/mol. The van der Waals surface area contributed by atoms with Crippen LogP contribution >= 0.6 is 0 Å². The molecule has 0 atom stereocenters. The van der Waals surface area contributed by atoms with Gasteiger partial charge in [0.05, 0.1) is 13.2 Å². The molecule has 0 unspecified atom stereocenters. The molecule has 0 aliphatic carbocycles. The molecule has 1 aromatic heterocycles. The van der Waals surface area contributed by atoms with E-state index in [9.17, 15) is 8.78 Å². The van der Waals surface area contributed by atoms with Gasteiger partial charge in [0.15, 0.2) is 5.84 Å². The molecule has 1 heterocycles. The van der Waals surface area contributed by atoms with Crippen LogP contribution in [0.4, 0.5) is 8.78 Å². The number of aliphatic hydroxyl groups excluding tert-OH is 1. The number of pyridine rings is 1. The van der Waals surface area contributed by atoms with Crippen molar-refractivity contribution in [1.29, 1.82) is 0 Å². The summed E-state index contributed by atoms with van der Waals surface area (Å²) in [5.74, 6) is -0.184. The van der Waals surface area contributed by atoms with E-state index in [2.05, 4.69) is 10.1 Å². The van der Waals surface area contributed by atoms with Crippen LogP contribution in [0.2, 0.25) is 0 Å². The standard InChI is InChI=1S/C11H16F2N4O2/c12-9(13)7-17(4-5-18)6-8-2-1-3-15-10(8)11(14)16-19/h1-3,9,18-19H,4-7H2,(H2,14,16). The Kier molecular flexibility index (Phi) is 6.10. The van der Waals surface area contributed by atoms with Crippen molar-refractivity contribution in [3.05, 3.63) is 29.6 Å². The summed E-state index contributed by atoms with van der Waals surface area (Å²) < 4.78 is 24.8. The fourth-order valence-corrected chi connectivity index (χ4v) is 1.66. The van der Waals surface area contributed by atoms with Crippen molar-refractivity contribution in [1.82, 2.24) is 9.88 Å². The fourth-order valence-electron chi connectivity index (χ4n) is 1.66. The number of hydrogen-bond donors (Lipinski definition) is 3. The first kappa shape index (κ1) is 15.3.